The predicted molar refractivity (Wildman–Crippen MR) is 145 cm³/mol. The van der Waals surface area contributed by atoms with Gasteiger partial charge >= 0.3 is 0 Å². The zero-order valence-electron chi connectivity index (χ0n) is 21.2. The van der Waals surface area contributed by atoms with Crippen molar-refractivity contribution in [1.82, 2.24) is 4.98 Å². The molecule has 0 aliphatic heterocycles. The molecule has 0 atom stereocenters. The topological polar surface area (TPSA) is 67.3 Å². The summed E-state index contributed by atoms with van der Waals surface area (Å²) in [5, 5.41) is 10.1. The SMILES string of the molecule is CCC/C(O)=C/C(=O)CC(C)C.O=C1c2ccccc2-c2cc(-c3[c-]cccc3)nc3cccc1c23.[Ir]. The Balaban J connectivity index is 0.000000253. The molecule has 1 aromatic heterocycles. The monoisotopic (exact) mass is 669 g/mol. The number of aliphatic hydroxyl groups is 1. The minimum absolute atomic E-state index is 0. The summed E-state index contributed by atoms with van der Waals surface area (Å²) >= 11 is 0. The van der Waals surface area contributed by atoms with E-state index in [0.717, 1.165) is 50.8 Å². The number of allylic oxidation sites excluding steroid dienone is 2. The Hall–Kier alpha value is -3.40. The zero-order chi connectivity index (χ0) is 25.7. The van der Waals surface area contributed by atoms with Crippen LogP contribution in [0.5, 0.6) is 0 Å². The molecule has 5 rings (SSSR count). The summed E-state index contributed by atoms with van der Waals surface area (Å²) in [6, 6.07) is 26.7. The number of aliphatic hydroxyl groups excluding tert-OH is 1. The van der Waals surface area contributed by atoms with Gasteiger partial charge < -0.3 is 5.11 Å². The van der Waals surface area contributed by atoms with Crippen LogP contribution in [0.15, 0.2) is 84.6 Å². The van der Waals surface area contributed by atoms with Crippen molar-refractivity contribution in [3.05, 3.63) is 102 Å². The maximum absolute atomic E-state index is 12.8. The molecule has 0 unspecified atom stereocenters. The molecule has 4 aromatic rings. The van der Waals surface area contributed by atoms with Gasteiger partial charge in [-0.25, -0.2) is 0 Å². The first kappa shape index (κ1) is 28.2. The number of benzene rings is 3. The van der Waals surface area contributed by atoms with Crippen molar-refractivity contribution in [2.75, 3.05) is 0 Å². The van der Waals surface area contributed by atoms with E-state index >= 15 is 0 Å². The summed E-state index contributed by atoms with van der Waals surface area (Å²) in [5.41, 5.74) is 6.21. The number of fused-ring (bicyclic) bond motifs is 2. The molecular formula is C32H30IrNO3-. The maximum Gasteiger partial charge on any atom is 0.194 e. The molecule has 0 fully saturated rings. The molecule has 3 aromatic carbocycles. The fourth-order valence-electron chi connectivity index (χ4n) is 4.42. The van der Waals surface area contributed by atoms with Crippen molar-refractivity contribution in [2.45, 2.75) is 40.0 Å². The molecule has 5 heteroatoms. The van der Waals surface area contributed by atoms with Crippen molar-refractivity contribution in [3.8, 4) is 22.4 Å². The van der Waals surface area contributed by atoms with Crippen LogP contribution in [0.3, 0.4) is 0 Å². The Kier molecular flexibility index (Phi) is 9.68. The summed E-state index contributed by atoms with van der Waals surface area (Å²) in [6.07, 6.45) is 3.35. The van der Waals surface area contributed by atoms with Crippen LogP contribution < -0.4 is 0 Å². The third kappa shape index (κ3) is 6.49. The molecule has 1 aliphatic carbocycles. The van der Waals surface area contributed by atoms with Gasteiger partial charge in [-0.05, 0) is 35.2 Å². The molecule has 0 saturated carbocycles. The molecule has 37 heavy (non-hydrogen) atoms. The second kappa shape index (κ2) is 12.7. The molecule has 0 saturated heterocycles. The van der Waals surface area contributed by atoms with Crippen LogP contribution >= 0.6 is 0 Å². The average Bonchev–Trinajstić information content (AvgIpc) is 2.87. The second-order valence-corrected chi connectivity index (χ2v) is 9.36. The third-order valence-electron chi connectivity index (χ3n) is 5.97. The molecule has 191 valence electrons. The quantitative estimate of drug-likeness (QED) is 0.114. The van der Waals surface area contributed by atoms with Gasteiger partial charge in [0.25, 0.3) is 0 Å². The number of ketones is 2. The van der Waals surface area contributed by atoms with Crippen molar-refractivity contribution >= 4 is 22.5 Å². The van der Waals surface area contributed by atoms with Crippen molar-refractivity contribution in [3.63, 3.8) is 0 Å². The second-order valence-electron chi connectivity index (χ2n) is 9.36. The van der Waals surface area contributed by atoms with E-state index in [2.05, 4.69) is 12.1 Å². The fraction of sp³-hybridized carbons (Fsp3) is 0.219. The molecule has 0 spiro atoms. The van der Waals surface area contributed by atoms with Gasteiger partial charge in [-0.3, -0.25) is 14.6 Å². The van der Waals surface area contributed by atoms with Gasteiger partial charge in [-0.15, -0.1) is 35.9 Å². The molecule has 1 radical (unpaired) electrons. The summed E-state index contributed by atoms with van der Waals surface area (Å²) in [4.78, 5) is 28.7. The number of carbonyl (C=O) groups is 2. The van der Waals surface area contributed by atoms with Gasteiger partial charge in [0.1, 0.15) is 0 Å². The Labute approximate surface area is 231 Å². The third-order valence-corrected chi connectivity index (χ3v) is 5.97. The van der Waals surface area contributed by atoms with E-state index in [-0.39, 0.29) is 37.4 Å². The van der Waals surface area contributed by atoms with Gasteiger partial charge in [0.05, 0.1) is 11.3 Å². The van der Waals surface area contributed by atoms with E-state index in [1.54, 1.807) is 0 Å². The Bertz CT molecular complexity index is 1440. The average molecular weight is 669 g/mol. The van der Waals surface area contributed by atoms with E-state index in [9.17, 15) is 14.7 Å². The van der Waals surface area contributed by atoms with E-state index in [4.69, 9.17) is 4.98 Å². The van der Waals surface area contributed by atoms with Crippen LogP contribution in [0.1, 0.15) is 56.0 Å². The van der Waals surface area contributed by atoms with Crippen LogP contribution in [0.2, 0.25) is 0 Å². The normalized spacial score (nSPS) is 11.9. The van der Waals surface area contributed by atoms with E-state index in [1.165, 1.54) is 6.08 Å². The van der Waals surface area contributed by atoms with Crippen molar-refractivity contribution < 1.29 is 34.8 Å². The Morgan fingerprint density at radius 2 is 1.68 bits per heavy atom. The smallest absolute Gasteiger partial charge is 0.194 e. The molecular weight excluding hydrogens is 639 g/mol. The predicted octanol–water partition coefficient (Wildman–Crippen LogP) is 7.75. The van der Waals surface area contributed by atoms with Gasteiger partial charge in [0.2, 0.25) is 0 Å². The van der Waals surface area contributed by atoms with Gasteiger partial charge in [-0.1, -0.05) is 63.2 Å². The summed E-state index contributed by atoms with van der Waals surface area (Å²) in [7, 11) is 0. The van der Waals surface area contributed by atoms with Gasteiger partial charge in [-0.2, -0.15) is 0 Å². The van der Waals surface area contributed by atoms with Gasteiger partial charge in [0.15, 0.2) is 11.6 Å². The van der Waals surface area contributed by atoms with Crippen LogP contribution in [0.25, 0.3) is 33.3 Å². The number of hydrogen-bond acceptors (Lipinski definition) is 4. The van der Waals surface area contributed by atoms with Crippen LogP contribution in [-0.2, 0) is 24.9 Å². The first-order chi connectivity index (χ1) is 17.4. The molecule has 1 aliphatic rings. The van der Waals surface area contributed by atoms with Crippen LogP contribution in [-0.4, -0.2) is 21.7 Å². The fourth-order valence-corrected chi connectivity index (χ4v) is 4.42. The minimum Gasteiger partial charge on any atom is -0.512 e. The largest absolute Gasteiger partial charge is 0.512 e. The first-order valence-corrected chi connectivity index (χ1v) is 12.4. The Morgan fingerprint density at radius 3 is 2.35 bits per heavy atom. The Morgan fingerprint density at radius 1 is 0.973 bits per heavy atom. The van der Waals surface area contributed by atoms with Crippen LogP contribution in [0, 0.1) is 12.0 Å². The zero-order valence-corrected chi connectivity index (χ0v) is 23.6. The van der Waals surface area contributed by atoms with Crippen LogP contribution in [0.4, 0.5) is 0 Å². The number of pyridine rings is 1. The number of hydrogen-bond donors (Lipinski definition) is 1. The minimum atomic E-state index is 0. The van der Waals surface area contributed by atoms with E-state index < -0.39 is 0 Å². The standard InChI is InChI=1S/C22H12NO.C10H18O2.Ir/c24-22-16-10-5-4-9-15(16)18-13-20(14-7-2-1-3-8-14)23-19-12-6-11-17(22)21(18)19;1-4-5-9(11)7-10(12)6-8(2)3;/h1-7,9-13H;7-8,11H,4-6H2,1-3H3;/q-1;;/b;9-7-;. The molecule has 4 nitrogen and oxygen atoms in total. The summed E-state index contributed by atoms with van der Waals surface area (Å²) < 4.78 is 0. The van der Waals surface area contributed by atoms with Gasteiger partial charge in [0, 0.05) is 55.5 Å². The van der Waals surface area contributed by atoms with E-state index in [0.29, 0.717) is 18.8 Å². The molecule has 0 amide bonds. The maximum atomic E-state index is 12.8. The number of nitrogens with zero attached hydrogens (tertiary/aromatic N) is 1. The first-order valence-electron chi connectivity index (χ1n) is 12.4. The molecule has 1 N–H and O–H groups in total. The molecule has 0 bridgehead atoms. The summed E-state index contributed by atoms with van der Waals surface area (Å²) in [6.45, 7) is 5.95. The van der Waals surface area contributed by atoms with E-state index in [1.807, 2.05) is 87.5 Å². The number of rotatable bonds is 6. The number of carbonyl (C=O) groups excluding carboxylic acids is 2. The number of aromatic nitrogens is 1. The summed E-state index contributed by atoms with van der Waals surface area (Å²) in [5.74, 6) is 0.673. The molecule has 1 heterocycles. The van der Waals surface area contributed by atoms with Crippen molar-refractivity contribution in [1.29, 1.82) is 0 Å². The van der Waals surface area contributed by atoms with Crippen molar-refractivity contribution in [2.24, 2.45) is 5.92 Å².